The van der Waals surface area contributed by atoms with Crippen molar-refractivity contribution in [1.29, 1.82) is 0 Å². The molecule has 1 aromatic carbocycles. The topological polar surface area (TPSA) is 140 Å². The van der Waals surface area contributed by atoms with Crippen molar-refractivity contribution in [3.63, 3.8) is 0 Å². The van der Waals surface area contributed by atoms with Gasteiger partial charge in [-0.1, -0.05) is 6.07 Å². The summed E-state index contributed by atoms with van der Waals surface area (Å²) in [5.41, 5.74) is 2.86. The van der Waals surface area contributed by atoms with Crippen LogP contribution < -0.4 is 10.1 Å². The van der Waals surface area contributed by atoms with Crippen molar-refractivity contribution in [2.24, 2.45) is 5.10 Å². The van der Waals surface area contributed by atoms with Crippen LogP contribution >= 0.6 is 0 Å². The summed E-state index contributed by atoms with van der Waals surface area (Å²) in [7, 11) is -3.96. The Morgan fingerprint density at radius 2 is 2.11 bits per heavy atom. The number of pyridine rings is 1. The minimum atomic E-state index is -3.96. The average molecular weight is 401 g/mol. The third-order valence-corrected chi connectivity index (χ3v) is 4.97. The Morgan fingerprint density at radius 3 is 2.79 bits per heavy atom. The van der Waals surface area contributed by atoms with Crippen LogP contribution in [0.15, 0.2) is 75.5 Å². The van der Waals surface area contributed by atoms with Gasteiger partial charge in [0.2, 0.25) is 10.0 Å². The highest BCUT2D eigenvalue weighted by atomic mass is 32.2. The zero-order valence-electron chi connectivity index (χ0n) is 14.3. The Hall–Kier alpha value is -3.57. The Morgan fingerprint density at radius 1 is 1.25 bits per heavy atom. The van der Waals surface area contributed by atoms with Gasteiger partial charge in [0.15, 0.2) is 0 Å². The molecule has 2 heterocycles. The van der Waals surface area contributed by atoms with E-state index in [9.17, 15) is 18.5 Å². The summed E-state index contributed by atoms with van der Waals surface area (Å²) in [6, 6.07) is 10.2. The molecule has 0 radical (unpaired) electrons. The van der Waals surface area contributed by atoms with Crippen LogP contribution in [0.1, 0.15) is 11.3 Å². The number of rotatable bonds is 8. The van der Waals surface area contributed by atoms with E-state index in [2.05, 4.69) is 20.2 Å². The Balaban J connectivity index is 1.78. The van der Waals surface area contributed by atoms with Gasteiger partial charge in [0, 0.05) is 24.0 Å². The van der Waals surface area contributed by atoms with Gasteiger partial charge in [-0.25, -0.2) is 13.1 Å². The SMILES string of the molecule is O=[N+]([O-])c1cc(S(=O)(=O)NCc2ccco2)ccc1NN=Cc1cccnc1. The van der Waals surface area contributed by atoms with Crippen LogP contribution in [0.25, 0.3) is 0 Å². The number of nitro benzene ring substituents is 1. The highest BCUT2D eigenvalue weighted by Gasteiger charge is 2.21. The number of benzene rings is 1. The first kappa shape index (κ1) is 19.2. The van der Waals surface area contributed by atoms with Crippen LogP contribution in [0.2, 0.25) is 0 Å². The molecule has 11 heteroatoms. The maximum Gasteiger partial charge on any atom is 0.295 e. The standard InChI is InChI=1S/C17H15N5O5S/c23-22(24)17-9-15(28(25,26)20-12-14-4-2-8-27-14)5-6-16(17)21-19-11-13-3-1-7-18-10-13/h1-11,20-21H,12H2. The molecule has 0 saturated carbocycles. The molecule has 0 aliphatic rings. The second-order valence-electron chi connectivity index (χ2n) is 5.50. The average Bonchev–Trinajstić information content (AvgIpc) is 3.21. The number of nitro groups is 1. The van der Waals surface area contributed by atoms with E-state index < -0.39 is 20.6 Å². The molecule has 3 aromatic rings. The molecule has 0 atom stereocenters. The van der Waals surface area contributed by atoms with Crippen molar-refractivity contribution in [1.82, 2.24) is 9.71 Å². The van der Waals surface area contributed by atoms with Gasteiger partial charge in [-0.3, -0.25) is 20.5 Å². The lowest BCUT2D eigenvalue weighted by Crippen LogP contribution is -2.23. The van der Waals surface area contributed by atoms with Gasteiger partial charge in [-0.15, -0.1) is 0 Å². The molecule has 2 N–H and O–H groups in total. The first-order valence-corrected chi connectivity index (χ1v) is 9.43. The maximum atomic E-state index is 12.4. The van der Waals surface area contributed by atoms with Crippen molar-refractivity contribution >= 4 is 27.6 Å². The van der Waals surface area contributed by atoms with Crippen LogP contribution in [-0.2, 0) is 16.6 Å². The van der Waals surface area contributed by atoms with Crippen molar-refractivity contribution < 1.29 is 17.8 Å². The number of hydrogen-bond acceptors (Lipinski definition) is 8. The summed E-state index contributed by atoms with van der Waals surface area (Å²) in [5.74, 6) is 0.418. The molecule has 0 aliphatic heterocycles. The molecule has 0 spiro atoms. The fourth-order valence-electron chi connectivity index (χ4n) is 2.22. The summed E-state index contributed by atoms with van der Waals surface area (Å²) in [4.78, 5) is 14.3. The molecule has 0 unspecified atom stereocenters. The first-order valence-electron chi connectivity index (χ1n) is 7.95. The van der Waals surface area contributed by atoms with Crippen LogP contribution in [0.5, 0.6) is 0 Å². The Labute approximate surface area is 160 Å². The number of anilines is 1. The monoisotopic (exact) mass is 401 g/mol. The van der Waals surface area contributed by atoms with Gasteiger partial charge < -0.3 is 4.42 Å². The normalized spacial score (nSPS) is 11.6. The van der Waals surface area contributed by atoms with Gasteiger partial charge in [0.05, 0.1) is 28.8 Å². The summed E-state index contributed by atoms with van der Waals surface area (Å²) in [6.07, 6.45) is 6.03. The van der Waals surface area contributed by atoms with E-state index in [4.69, 9.17) is 4.42 Å². The predicted molar refractivity (Wildman–Crippen MR) is 101 cm³/mol. The van der Waals surface area contributed by atoms with E-state index in [1.807, 2.05) is 0 Å². The van der Waals surface area contributed by atoms with E-state index in [1.165, 1.54) is 24.6 Å². The van der Waals surface area contributed by atoms with Crippen molar-refractivity contribution in [3.8, 4) is 0 Å². The zero-order valence-corrected chi connectivity index (χ0v) is 15.2. The molecule has 28 heavy (non-hydrogen) atoms. The molecular formula is C17H15N5O5S. The van der Waals surface area contributed by atoms with E-state index in [0.717, 1.165) is 6.07 Å². The molecule has 2 aromatic heterocycles. The smallest absolute Gasteiger partial charge is 0.295 e. The molecule has 0 saturated heterocycles. The number of hydrazone groups is 1. The number of furan rings is 1. The Kier molecular flexibility index (Phi) is 5.77. The third-order valence-electron chi connectivity index (χ3n) is 3.58. The van der Waals surface area contributed by atoms with Gasteiger partial charge in [0.25, 0.3) is 5.69 Å². The minimum absolute atomic E-state index is 0.0510. The number of nitrogens with one attached hydrogen (secondary N) is 2. The molecule has 0 amide bonds. The molecule has 3 rings (SSSR count). The van der Waals surface area contributed by atoms with E-state index in [-0.39, 0.29) is 17.1 Å². The van der Waals surface area contributed by atoms with Crippen molar-refractivity contribution in [3.05, 3.63) is 82.6 Å². The van der Waals surface area contributed by atoms with Gasteiger partial charge in [0.1, 0.15) is 11.4 Å². The molecule has 0 aliphatic carbocycles. The van der Waals surface area contributed by atoms with Crippen LogP contribution in [0.4, 0.5) is 11.4 Å². The summed E-state index contributed by atoms with van der Waals surface area (Å²) in [5, 5.41) is 15.3. The quantitative estimate of drug-likeness (QED) is 0.336. The largest absolute Gasteiger partial charge is 0.468 e. The highest BCUT2D eigenvalue weighted by molar-refractivity contribution is 7.89. The molecule has 10 nitrogen and oxygen atoms in total. The predicted octanol–water partition coefficient (Wildman–Crippen LogP) is 2.51. The summed E-state index contributed by atoms with van der Waals surface area (Å²) in [6.45, 7) is -0.0709. The van der Waals surface area contributed by atoms with Gasteiger partial charge in [-0.2, -0.15) is 5.10 Å². The van der Waals surface area contributed by atoms with Crippen molar-refractivity contribution in [2.45, 2.75) is 11.4 Å². The Bertz CT molecular complexity index is 1080. The fourth-order valence-corrected chi connectivity index (χ4v) is 3.23. The van der Waals surface area contributed by atoms with Crippen LogP contribution in [0.3, 0.4) is 0 Å². The molecule has 0 fully saturated rings. The summed E-state index contributed by atoms with van der Waals surface area (Å²) < 4.78 is 32.1. The third kappa shape index (κ3) is 4.78. The molecule has 0 bridgehead atoms. The number of aromatic nitrogens is 1. The first-order chi connectivity index (χ1) is 13.5. The maximum absolute atomic E-state index is 12.4. The van der Waals surface area contributed by atoms with Gasteiger partial charge >= 0.3 is 0 Å². The van der Waals surface area contributed by atoms with E-state index >= 15 is 0 Å². The minimum Gasteiger partial charge on any atom is -0.468 e. The van der Waals surface area contributed by atoms with E-state index in [1.54, 1.807) is 36.7 Å². The lowest BCUT2D eigenvalue weighted by Gasteiger charge is -2.07. The summed E-state index contributed by atoms with van der Waals surface area (Å²) >= 11 is 0. The van der Waals surface area contributed by atoms with E-state index in [0.29, 0.717) is 11.3 Å². The fraction of sp³-hybridized carbons (Fsp3) is 0.0588. The van der Waals surface area contributed by atoms with Crippen molar-refractivity contribution in [2.75, 3.05) is 5.43 Å². The zero-order chi connectivity index (χ0) is 20.0. The number of hydrogen-bond donors (Lipinski definition) is 2. The lowest BCUT2D eigenvalue weighted by atomic mass is 10.3. The number of nitrogens with zero attached hydrogens (tertiary/aromatic N) is 3. The van der Waals surface area contributed by atoms with Gasteiger partial charge in [-0.05, 0) is 30.3 Å². The highest BCUT2D eigenvalue weighted by Crippen LogP contribution is 2.27. The second kappa shape index (κ2) is 8.41. The molecule has 144 valence electrons. The van der Waals surface area contributed by atoms with Crippen LogP contribution in [0, 0.1) is 10.1 Å². The molecular weight excluding hydrogens is 386 g/mol. The van der Waals surface area contributed by atoms with Crippen LogP contribution in [-0.4, -0.2) is 24.5 Å². The lowest BCUT2D eigenvalue weighted by molar-refractivity contribution is -0.384. The number of sulfonamides is 1. The second-order valence-corrected chi connectivity index (χ2v) is 7.26.